The van der Waals surface area contributed by atoms with Gasteiger partial charge in [-0.15, -0.1) is 0 Å². The number of nitrogens with one attached hydrogen (secondary N) is 1. The summed E-state index contributed by atoms with van der Waals surface area (Å²) < 4.78 is 5.66. The molecule has 3 aromatic rings. The monoisotopic (exact) mass is 464 g/mol. The van der Waals surface area contributed by atoms with Crippen molar-refractivity contribution in [2.24, 2.45) is 0 Å². The number of nitrogens with zero attached hydrogens (tertiary/aromatic N) is 3. The van der Waals surface area contributed by atoms with Gasteiger partial charge in [-0.25, -0.2) is 4.98 Å². The first-order chi connectivity index (χ1) is 14.5. The Balaban J connectivity index is 1.42. The molecule has 0 atom stereocenters. The van der Waals surface area contributed by atoms with Crippen LogP contribution in [0.3, 0.4) is 0 Å². The SMILES string of the molecule is CCN1CCN(c2c(Cl)cccc2NC(=O)CSc2nc3cc(Cl)ccc3o2)CC1. The lowest BCUT2D eigenvalue weighted by Crippen LogP contribution is -2.46. The molecule has 0 spiro atoms. The molecule has 9 heteroatoms. The highest BCUT2D eigenvalue weighted by Gasteiger charge is 2.21. The van der Waals surface area contributed by atoms with Crippen molar-refractivity contribution in [1.82, 2.24) is 9.88 Å². The van der Waals surface area contributed by atoms with E-state index < -0.39 is 0 Å². The van der Waals surface area contributed by atoms with Gasteiger partial charge in [-0.05, 0) is 36.9 Å². The second-order valence-electron chi connectivity index (χ2n) is 6.99. The molecule has 0 bridgehead atoms. The summed E-state index contributed by atoms with van der Waals surface area (Å²) in [6.07, 6.45) is 0. The summed E-state index contributed by atoms with van der Waals surface area (Å²) in [4.78, 5) is 21.6. The third-order valence-electron chi connectivity index (χ3n) is 5.05. The van der Waals surface area contributed by atoms with Crippen molar-refractivity contribution >= 4 is 63.3 Å². The van der Waals surface area contributed by atoms with E-state index in [4.69, 9.17) is 27.6 Å². The molecule has 2 aromatic carbocycles. The Morgan fingerprint density at radius 2 is 2.00 bits per heavy atom. The maximum atomic E-state index is 12.6. The van der Waals surface area contributed by atoms with E-state index >= 15 is 0 Å². The number of para-hydroxylation sites is 1. The molecular formula is C21H22Cl2N4O2S. The average Bonchev–Trinajstić information content (AvgIpc) is 3.15. The molecule has 2 heterocycles. The van der Waals surface area contributed by atoms with Gasteiger partial charge in [-0.3, -0.25) is 4.79 Å². The third kappa shape index (κ3) is 4.86. The molecular weight excluding hydrogens is 443 g/mol. The zero-order valence-corrected chi connectivity index (χ0v) is 18.9. The van der Waals surface area contributed by atoms with Gasteiger partial charge in [0.25, 0.3) is 5.22 Å². The van der Waals surface area contributed by atoms with Crippen LogP contribution in [0.25, 0.3) is 11.1 Å². The number of fused-ring (bicyclic) bond motifs is 1. The Morgan fingerprint density at radius 1 is 1.20 bits per heavy atom. The number of carbonyl (C=O) groups is 1. The van der Waals surface area contributed by atoms with E-state index in [9.17, 15) is 4.79 Å². The van der Waals surface area contributed by atoms with Crippen LogP contribution in [0.2, 0.25) is 10.0 Å². The minimum absolute atomic E-state index is 0.143. The molecule has 1 fully saturated rings. The Bertz CT molecular complexity index is 1050. The number of aromatic nitrogens is 1. The highest BCUT2D eigenvalue weighted by Crippen LogP contribution is 2.35. The van der Waals surface area contributed by atoms with Crippen molar-refractivity contribution in [1.29, 1.82) is 0 Å². The lowest BCUT2D eigenvalue weighted by Gasteiger charge is -2.36. The first kappa shape index (κ1) is 21.3. The zero-order valence-electron chi connectivity index (χ0n) is 16.5. The van der Waals surface area contributed by atoms with Crippen LogP contribution < -0.4 is 10.2 Å². The van der Waals surface area contributed by atoms with Crippen molar-refractivity contribution in [2.45, 2.75) is 12.1 Å². The summed E-state index contributed by atoms with van der Waals surface area (Å²) in [6, 6.07) is 10.8. The maximum absolute atomic E-state index is 12.6. The van der Waals surface area contributed by atoms with Crippen LogP contribution in [0, 0.1) is 0 Å². The largest absolute Gasteiger partial charge is 0.431 e. The van der Waals surface area contributed by atoms with Gasteiger partial charge in [-0.2, -0.15) is 0 Å². The standard InChI is InChI=1S/C21H22Cl2N4O2S/c1-2-26-8-10-27(11-9-26)20-15(23)4-3-5-16(20)24-19(28)13-30-21-25-17-12-14(22)6-7-18(17)29-21/h3-7,12H,2,8-11,13H2,1H3,(H,24,28). The number of benzene rings is 2. The molecule has 1 aromatic heterocycles. The topological polar surface area (TPSA) is 61.6 Å². The number of halogens is 2. The zero-order chi connectivity index (χ0) is 21.1. The summed E-state index contributed by atoms with van der Waals surface area (Å²) in [7, 11) is 0. The quantitative estimate of drug-likeness (QED) is 0.517. The predicted molar refractivity (Wildman–Crippen MR) is 124 cm³/mol. The van der Waals surface area contributed by atoms with Gasteiger partial charge in [-0.1, -0.05) is 48.0 Å². The van der Waals surface area contributed by atoms with E-state index in [0.29, 0.717) is 26.4 Å². The van der Waals surface area contributed by atoms with Gasteiger partial charge in [0.15, 0.2) is 5.58 Å². The number of anilines is 2. The minimum atomic E-state index is -0.143. The molecule has 1 aliphatic heterocycles. The van der Waals surface area contributed by atoms with Crippen LogP contribution >= 0.6 is 35.0 Å². The van der Waals surface area contributed by atoms with Crippen LogP contribution in [0.4, 0.5) is 11.4 Å². The molecule has 6 nitrogen and oxygen atoms in total. The number of oxazole rings is 1. The summed E-state index contributed by atoms with van der Waals surface area (Å²) >= 11 is 13.7. The van der Waals surface area contributed by atoms with E-state index in [-0.39, 0.29) is 11.7 Å². The number of likely N-dealkylation sites (N-methyl/N-ethyl adjacent to an activating group) is 1. The van der Waals surface area contributed by atoms with Crippen molar-refractivity contribution in [3.05, 3.63) is 46.4 Å². The molecule has 30 heavy (non-hydrogen) atoms. The Morgan fingerprint density at radius 3 is 2.77 bits per heavy atom. The van der Waals surface area contributed by atoms with Crippen molar-refractivity contribution in [3.63, 3.8) is 0 Å². The second-order valence-corrected chi connectivity index (χ2v) is 8.76. The van der Waals surface area contributed by atoms with Crippen molar-refractivity contribution in [3.8, 4) is 0 Å². The van der Waals surface area contributed by atoms with Gasteiger partial charge in [0.05, 0.1) is 22.2 Å². The Hall–Kier alpha value is -1.93. The summed E-state index contributed by atoms with van der Waals surface area (Å²) in [5.41, 5.74) is 2.92. The Labute approximate surface area is 189 Å². The fraction of sp³-hybridized carbons (Fsp3) is 0.333. The van der Waals surface area contributed by atoms with Crippen LogP contribution in [0.5, 0.6) is 0 Å². The minimum Gasteiger partial charge on any atom is -0.431 e. The van der Waals surface area contributed by atoms with E-state index in [2.05, 4.69) is 27.0 Å². The van der Waals surface area contributed by atoms with E-state index in [1.54, 1.807) is 18.2 Å². The van der Waals surface area contributed by atoms with Gasteiger partial charge < -0.3 is 19.5 Å². The molecule has 4 rings (SSSR count). The van der Waals surface area contributed by atoms with E-state index in [0.717, 1.165) is 44.1 Å². The van der Waals surface area contributed by atoms with E-state index in [1.165, 1.54) is 11.8 Å². The first-order valence-corrected chi connectivity index (χ1v) is 11.5. The number of amides is 1. The molecule has 0 radical (unpaired) electrons. The lowest BCUT2D eigenvalue weighted by atomic mass is 10.2. The molecule has 0 unspecified atom stereocenters. The molecule has 0 saturated carbocycles. The molecule has 158 valence electrons. The molecule has 1 aliphatic rings. The number of carbonyl (C=O) groups excluding carboxylic acids is 1. The predicted octanol–water partition coefficient (Wildman–Crippen LogP) is 5.01. The summed E-state index contributed by atoms with van der Waals surface area (Å²) in [5.74, 6) is 0.0341. The molecule has 0 aliphatic carbocycles. The Kier molecular flexibility index (Phi) is 6.73. The highest BCUT2D eigenvalue weighted by molar-refractivity contribution is 7.99. The highest BCUT2D eigenvalue weighted by atomic mass is 35.5. The number of thioether (sulfide) groups is 1. The smallest absolute Gasteiger partial charge is 0.257 e. The summed E-state index contributed by atoms with van der Waals surface area (Å²) in [5, 5.41) is 4.67. The fourth-order valence-corrected chi connectivity index (χ4v) is 4.58. The average molecular weight is 465 g/mol. The van der Waals surface area contributed by atoms with E-state index in [1.807, 2.05) is 18.2 Å². The molecule has 1 N–H and O–H groups in total. The third-order valence-corrected chi connectivity index (χ3v) is 6.42. The van der Waals surface area contributed by atoms with Crippen LogP contribution in [-0.2, 0) is 4.79 Å². The van der Waals surface area contributed by atoms with Gasteiger partial charge in [0.2, 0.25) is 5.91 Å². The van der Waals surface area contributed by atoms with Crippen LogP contribution in [0.1, 0.15) is 6.92 Å². The molecule has 1 amide bonds. The van der Waals surface area contributed by atoms with Crippen LogP contribution in [-0.4, -0.2) is 54.3 Å². The van der Waals surface area contributed by atoms with Gasteiger partial charge >= 0.3 is 0 Å². The van der Waals surface area contributed by atoms with Crippen molar-refractivity contribution < 1.29 is 9.21 Å². The number of hydrogen-bond donors (Lipinski definition) is 1. The lowest BCUT2D eigenvalue weighted by molar-refractivity contribution is -0.113. The normalized spacial score (nSPS) is 15.0. The number of rotatable bonds is 6. The van der Waals surface area contributed by atoms with Crippen molar-refractivity contribution in [2.75, 3.05) is 48.7 Å². The maximum Gasteiger partial charge on any atom is 0.257 e. The molecule has 1 saturated heterocycles. The second kappa shape index (κ2) is 9.47. The number of piperazine rings is 1. The van der Waals surface area contributed by atoms with Gasteiger partial charge in [0, 0.05) is 31.2 Å². The fourth-order valence-electron chi connectivity index (χ4n) is 3.48. The van der Waals surface area contributed by atoms with Gasteiger partial charge in [0.1, 0.15) is 5.52 Å². The van der Waals surface area contributed by atoms with Crippen LogP contribution in [0.15, 0.2) is 46.0 Å². The number of hydrogen-bond acceptors (Lipinski definition) is 6. The first-order valence-electron chi connectivity index (χ1n) is 9.78. The summed E-state index contributed by atoms with van der Waals surface area (Å²) in [6.45, 7) is 6.92.